The molecule has 0 aliphatic rings. The number of hydrogen-bond acceptors (Lipinski definition) is 2. The fourth-order valence-corrected chi connectivity index (χ4v) is 1.58. The van der Waals surface area contributed by atoms with Crippen LogP contribution in [-0.4, -0.2) is 18.9 Å². The van der Waals surface area contributed by atoms with Crippen LogP contribution in [0, 0.1) is 6.92 Å². The van der Waals surface area contributed by atoms with Crippen LogP contribution in [0.1, 0.15) is 24.5 Å². The highest BCUT2D eigenvalue weighted by atomic mass is 16.1. The molecule has 0 aliphatic carbocycles. The summed E-state index contributed by atoms with van der Waals surface area (Å²) >= 11 is 0. The van der Waals surface area contributed by atoms with Gasteiger partial charge in [-0.15, -0.1) is 0 Å². The zero-order valence-electron chi connectivity index (χ0n) is 9.71. The number of benzene rings is 1. The Hall–Kier alpha value is -1.15. The fraction of sp³-hybridized carbons (Fsp3) is 0.462. The molecule has 1 aromatic rings. The molecule has 15 heavy (non-hydrogen) atoms. The van der Waals surface area contributed by atoms with Gasteiger partial charge in [-0.05, 0) is 26.0 Å². The van der Waals surface area contributed by atoms with Gasteiger partial charge in [0, 0.05) is 6.42 Å². The summed E-state index contributed by atoms with van der Waals surface area (Å²) in [6.45, 7) is 3.97. The molecule has 2 nitrogen and oxygen atoms in total. The lowest BCUT2D eigenvalue weighted by atomic mass is 10.0. The van der Waals surface area contributed by atoms with E-state index >= 15 is 0 Å². The molecular weight excluding hydrogens is 186 g/mol. The van der Waals surface area contributed by atoms with E-state index in [-0.39, 0.29) is 11.8 Å². The fourth-order valence-electron chi connectivity index (χ4n) is 1.58. The molecule has 0 saturated heterocycles. The normalized spacial score (nSPS) is 12.5. The first kappa shape index (κ1) is 11.9. The monoisotopic (exact) mass is 205 g/mol. The van der Waals surface area contributed by atoms with Gasteiger partial charge in [0.05, 0.1) is 6.04 Å². The summed E-state index contributed by atoms with van der Waals surface area (Å²) in [4.78, 5) is 11.6. The summed E-state index contributed by atoms with van der Waals surface area (Å²) in [6, 6.07) is 8.29. The van der Waals surface area contributed by atoms with Gasteiger partial charge in [0.15, 0.2) is 0 Å². The van der Waals surface area contributed by atoms with Crippen LogP contribution in [0.25, 0.3) is 0 Å². The van der Waals surface area contributed by atoms with E-state index in [2.05, 4.69) is 36.5 Å². The number of nitrogens with one attached hydrogen (secondary N) is 1. The van der Waals surface area contributed by atoms with Crippen LogP contribution in [0.2, 0.25) is 0 Å². The van der Waals surface area contributed by atoms with Crippen LogP contribution < -0.4 is 5.32 Å². The molecule has 0 aliphatic heterocycles. The molecule has 0 heterocycles. The summed E-state index contributed by atoms with van der Waals surface area (Å²) in [5.74, 6) is 0.276. The Bertz CT molecular complexity index is 316. The van der Waals surface area contributed by atoms with Gasteiger partial charge in [0.1, 0.15) is 5.78 Å². The van der Waals surface area contributed by atoms with Crippen molar-refractivity contribution in [2.45, 2.75) is 32.7 Å². The van der Waals surface area contributed by atoms with Gasteiger partial charge < -0.3 is 5.32 Å². The molecule has 1 N–H and O–H groups in total. The Morgan fingerprint density at radius 3 is 2.40 bits per heavy atom. The van der Waals surface area contributed by atoms with Crippen molar-refractivity contribution in [3.8, 4) is 0 Å². The van der Waals surface area contributed by atoms with Crippen LogP contribution in [0.5, 0.6) is 0 Å². The average molecular weight is 205 g/mol. The van der Waals surface area contributed by atoms with Gasteiger partial charge in [0.25, 0.3) is 0 Å². The first-order chi connectivity index (χ1) is 7.17. The molecule has 0 fully saturated rings. The first-order valence-corrected chi connectivity index (χ1v) is 5.43. The molecule has 0 bridgehead atoms. The smallest absolute Gasteiger partial charge is 0.149 e. The number of likely N-dealkylation sites (N-methyl/N-ethyl adjacent to an activating group) is 1. The minimum Gasteiger partial charge on any atom is -0.310 e. The highest BCUT2D eigenvalue weighted by Crippen LogP contribution is 2.07. The second-order valence-corrected chi connectivity index (χ2v) is 3.85. The maximum absolute atomic E-state index is 11.6. The van der Waals surface area contributed by atoms with Gasteiger partial charge in [-0.25, -0.2) is 0 Å². The van der Waals surface area contributed by atoms with E-state index in [0.717, 1.165) is 6.42 Å². The summed E-state index contributed by atoms with van der Waals surface area (Å²) in [6.07, 6.45) is 1.38. The van der Waals surface area contributed by atoms with E-state index in [1.807, 2.05) is 14.0 Å². The van der Waals surface area contributed by atoms with Crippen LogP contribution >= 0.6 is 0 Å². The third-order valence-electron chi connectivity index (χ3n) is 2.65. The Morgan fingerprint density at radius 1 is 1.33 bits per heavy atom. The number of Topliss-reactive ketones (excluding diaryl/α,β-unsaturated/α-hetero) is 1. The molecule has 0 aromatic heterocycles. The highest BCUT2D eigenvalue weighted by Gasteiger charge is 2.14. The van der Waals surface area contributed by atoms with E-state index < -0.39 is 0 Å². The van der Waals surface area contributed by atoms with Gasteiger partial charge in [-0.2, -0.15) is 0 Å². The van der Waals surface area contributed by atoms with Gasteiger partial charge in [-0.3, -0.25) is 4.79 Å². The van der Waals surface area contributed by atoms with Gasteiger partial charge in [0.2, 0.25) is 0 Å². The second-order valence-electron chi connectivity index (χ2n) is 3.85. The molecule has 0 spiro atoms. The van der Waals surface area contributed by atoms with E-state index in [4.69, 9.17) is 0 Å². The molecule has 82 valence electrons. The third kappa shape index (κ3) is 3.48. The lowest BCUT2D eigenvalue weighted by molar-refractivity contribution is -0.120. The van der Waals surface area contributed by atoms with E-state index in [0.29, 0.717) is 6.42 Å². The van der Waals surface area contributed by atoms with Crippen LogP contribution in [0.4, 0.5) is 0 Å². The number of ketones is 1. The Balaban J connectivity index is 2.66. The predicted molar refractivity (Wildman–Crippen MR) is 63.0 cm³/mol. The van der Waals surface area contributed by atoms with Crippen molar-refractivity contribution in [1.29, 1.82) is 0 Å². The summed E-state index contributed by atoms with van der Waals surface area (Å²) in [5, 5.41) is 3.07. The van der Waals surface area contributed by atoms with Crippen molar-refractivity contribution in [2.24, 2.45) is 0 Å². The highest BCUT2D eigenvalue weighted by molar-refractivity contribution is 5.83. The van der Waals surface area contributed by atoms with Crippen molar-refractivity contribution in [3.05, 3.63) is 35.4 Å². The summed E-state index contributed by atoms with van der Waals surface area (Å²) < 4.78 is 0. The molecule has 0 unspecified atom stereocenters. The van der Waals surface area contributed by atoms with Crippen molar-refractivity contribution in [3.63, 3.8) is 0 Å². The quantitative estimate of drug-likeness (QED) is 0.797. The summed E-state index contributed by atoms with van der Waals surface area (Å²) in [5.41, 5.74) is 2.46. The number of hydrogen-bond donors (Lipinski definition) is 1. The molecular formula is C13H19NO. The Morgan fingerprint density at radius 2 is 1.93 bits per heavy atom. The van der Waals surface area contributed by atoms with Crippen LogP contribution in [0.3, 0.4) is 0 Å². The van der Waals surface area contributed by atoms with E-state index in [1.165, 1.54) is 11.1 Å². The topological polar surface area (TPSA) is 29.1 Å². The van der Waals surface area contributed by atoms with Gasteiger partial charge in [-0.1, -0.05) is 36.8 Å². The van der Waals surface area contributed by atoms with Crippen LogP contribution in [0.15, 0.2) is 24.3 Å². The van der Waals surface area contributed by atoms with Crippen molar-refractivity contribution in [2.75, 3.05) is 7.05 Å². The molecule has 1 aromatic carbocycles. The molecule has 1 atom stereocenters. The largest absolute Gasteiger partial charge is 0.310 e. The molecule has 0 saturated carbocycles. The molecule has 0 amide bonds. The van der Waals surface area contributed by atoms with Crippen LogP contribution in [-0.2, 0) is 11.2 Å². The number of carbonyl (C=O) groups is 1. The zero-order valence-corrected chi connectivity index (χ0v) is 9.71. The maximum Gasteiger partial charge on any atom is 0.149 e. The van der Waals surface area contributed by atoms with Crippen molar-refractivity contribution < 1.29 is 4.79 Å². The predicted octanol–water partition coefficient (Wildman–Crippen LogP) is 2.10. The number of aryl methyl sites for hydroxylation is 1. The molecule has 0 radical (unpaired) electrons. The third-order valence-corrected chi connectivity index (χ3v) is 2.65. The SMILES string of the molecule is CCC(=O)[C@H](Cc1ccc(C)cc1)NC. The number of rotatable bonds is 5. The van der Waals surface area contributed by atoms with Crippen molar-refractivity contribution in [1.82, 2.24) is 5.32 Å². The maximum atomic E-state index is 11.6. The standard InChI is InChI=1S/C13H19NO/c1-4-13(15)12(14-3)9-11-7-5-10(2)6-8-11/h5-8,12,14H,4,9H2,1-3H3/t12-/m0/s1. The van der Waals surface area contributed by atoms with E-state index in [9.17, 15) is 4.79 Å². The summed E-state index contributed by atoms with van der Waals surface area (Å²) in [7, 11) is 1.84. The Labute approximate surface area is 91.7 Å². The average Bonchev–Trinajstić information content (AvgIpc) is 2.27. The molecule has 1 rings (SSSR count). The lowest BCUT2D eigenvalue weighted by Gasteiger charge is -2.14. The lowest BCUT2D eigenvalue weighted by Crippen LogP contribution is -2.35. The minimum atomic E-state index is -0.0438. The first-order valence-electron chi connectivity index (χ1n) is 5.43. The van der Waals surface area contributed by atoms with Crippen molar-refractivity contribution >= 4 is 5.78 Å². The zero-order chi connectivity index (χ0) is 11.3. The van der Waals surface area contributed by atoms with Gasteiger partial charge >= 0.3 is 0 Å². The minimum absolute atomic E-state index is 0.0438. The Kier molecular flexibility index (Phi) is 4.50. The second kappa shape index (κ2) is 5.66. The molecule has 2 heteroatoms. The number of carbonyl (C=O) groups excluding carboxylic acids is 1. The van der Waals surface area contributed by atoms with E-state index in [1.54, 1.807) is 0 Å².